The second-order valence-electron chi connectivity index (χ2n) is 2.37. The number of rotatable bonds is 1. The Bertz CT molecular complexity index is 352. The molecule has 0 bridgehead atoms. The van der Waals surface area contributed by atoms with Gasteiger partial charge in [0.25, 0.3) is 0 Å². The van der Waals surface area contributed by atoms with Gasteiger partial charge in [-0.3, -0.25) is 4.98 Å². The first kappa shape index (κ1) is 6.84. The second kappa shape index (κ2) is 2.65. The normalized spacial score (nSPS) is 10.0. The Morgan fingerprint density at radius 2 is 2.17 bits per heavy atom. The van der Waals surface area contributed by atoms with Crippen LogP contribution >= 0.6 is 0 Å². The van der Waals surface area contributed by atoms with Gasteiger partial charge in [0.2, 0.25) is 0 Å². The lowest BCUT2D eigenvalue weighted by atomic mass is 10.3. The summed E-state index contributed by atoms with van der Waals surface area (Å²) in [6.45, 7) is 0. The number of aromatic nitrogens is 3. The average Bonchev–Trinajstić information content (AvgIpc) is 2.58. The number of pyridine rings is 1. The first-order valence-electron chi connectivity index (χ1n) is 3.50. The molecule has 0 amide bonds. The van der Waals surface area contributed by atoms with E-state index in [1.54, 1.807) is 24.7 Å². The molecule has 2 rings (SSSR count). The fourth-order valence-corrected chi connectivity index (χ4v) is 0.941. The van der Waals surface area contributed by atoms with Gasteiger partial charge < -0.3 is 10.1 Å². The van der Waals surface area contributed by atoms with Gasteiger partial charge in [0.05, 0.1) is 30.1 Å². The molecule has 2 heterocycles. The molecule has 4 nitrogen and oxygen atoms in total. The maximum absolute atomic E-state index is 8.97. The highest BCUT2D eigenvalue weighted by atomic mass is 16.3. The number of hydrogen-bond acceptors (Lipinski definition) is 3. The van der Waals surface area contributed by atoms with Crippen LogP contribution in [0.15, 0.2) is 30.9 Å². The first-order chi connectivity index (χ1) is 5.86. The minimum Gasteiger partial charge on any atom is -0.506 e. The molecule has 2 N–H and O–H groups in total. The average molecular weight is 161 g/mol. The number of nitrogens with zero attached hydrogens (tertiary/aromatic N) is 2. The van der Waals surface area contributed by atoms with Crippen molar-refractivity contribution in [1.82, 2.24) is 15.0 Å². The van der Waals surface area contributed by atoms with Crippen molar-refractivity contribution in [2.24, 2.45) is 0 Å². The molecule has 0 aliphatic carbocycles. The molecule has 0 aliphatic heterocycles. The largest absolute Gasteiger partial charge is 0.506 e. The SMILES string of the molecule is Oc1ccc(-c2cnc[nH]2)nc1. The number of H-pyrrole nitrogens is 1. The molecule has 0 spiro atoms. The van der Waals surface area contributed by atoms with Crippen LogP contribution < -0.4 is 0 Å². The molecule has 0 saturated heterocycles. The summed E-state index contributed by atoms with van der Waals surface area (Å²) in [6.07, 6.45) is 4.67. The van der Waals surface area contributed by atoms with E-state index in [4.69, 9.17) is 5.11 Å². The van der Waals surface area contributed by atoms with Gasteiger partial charge in [0.1, 0.15) is 5.75 Å². The van der Waals surface area contributed by atoms with Gasteiger partial charge in [-0.2, -0.15) is 0 Å². The second-order valence-corrected chi connectivity index (χ2v) is 2.37. The van der Waals surface area contributed by atoms with E-state index in [-0.39, 0.29) is 5.75 Å². The number of aromatic amines is 1. The fraction of sp³-hybridized carbons (Fsp3) is 0. The first-order valence-corrected chi connectivity index (χ1v) is 3.50. The van der Waals surface area contributed by atoms with E-state index in [0.29, 0.717) is 0 Å². The molecule has 4 heteroatoms. The Kier molecular flexibility index (Phi) is 1.51. The van der Waals surface area contributed by atoms with Crippen LogP contribution in [0.25, 0.3) is 11.4 Å². The Labute approximate surface area is 68.9 Å². The summed E-state index contributed by atoms with van der Waals surface area (Å²) in [5.41, 5.74) is 1.61. The van der Waals surface area contributed by atoms with Crippen LogP contribution in [-0.4, -0.2) is 20.1 Å². The van der Waals surface area contributed by atoms with Crippen LogP contribution in [0.3, 0.4) is 0 Å². The van der Waals surface area contributed by atoms with Gasteiger partial charge in [-0.05, 0) is 12.1 Å². The molecule has 60 valence electrons. The standard InChI is InChI=1S/C8H7N3O/c12-6-1-2-7(10-3-6)8-4-9-5-11-8/h1-5,12H,(H,9,11). The highest BCUT2D eigenvalue weighted by Gasteiger charge is 1.98. The number of hydrogen-bond donors (Lipinski definition) is 2. The Morgan fingerprint density at radius 3 is 2.75 bits per heavy atom. The summed E-state index contributed by atoms with van der Waals surface area (Å²) >= 11 is 0. The number of imidazole rings is 1. The van der Waals surface area contributed by atoms with Crippen molar-refractivity contribution >= 4 is 0 Å². The lowest BCUT2D eigenvalue weighted by Crippen LogP contribution is -1.80. The molecule has 12 heavy (non-hydrogen) atoms. The minimum atomic E-state index is 0.165. The summed E-state index contributed by atoms with van der Waals surface area (Å²) in [6, 6.07) is 3.31. The molecule has 2 aromatic rings. The van der Waals surface area contributed by atoms with Crippen molar-refractivity contribution in [3.63, 3.8) is 0 Å². The maximum atomic E-state index is 8.97. The molecule has 0 aromatic carbocycles. The number of nitrogens with one attached hydrogen (secondary N) is 1. The van der Waals surface area contributed by atoms with Gasteiger partial charge in [-0.1, -0.05) is 0 Å². The zero-order chi connectivity index (χ0) is 8.39. The van der Waals surface area contributed by atoms with E-state index in [9.17, 15) is 0 Å². The highest BCUT2D eigenvalue weighted by Crippen LogP contribution is 2.14. The third-order valence-corrected chi connectivity index (χ3v) is 1.52. The maximum Gasteiger partial charge on any atom is 0.133 e. The van der Waals surface area contributed by atoms with Crippen LogP contribution in [0.4, 0.5) is 0 Å². The van der Waals surface area contributed by atoms with Crippen molar-refractivity contribution in [3.05, 3.63) is 30.9 Å². The van der Waals surface area contributed by atoms with Gasteiger partial charge >= 0.3 is 0 Å². The summed E-state index contributed by atoms with van der Waals surface area (Å²) in [5.74, 6) is 0.165. The molecule has 0 atom stereocenters. The molecule has 0 saturated carbocycles. The molecule has 2 aromatic heterocycles. The van der Waals surface area contributed by atoms with E-state index in [1.165, 1.54) is 6.20 Å². The van der Waals surface area contributed by atoms with Crippen molar-refractivity contribution < 1.29 is 5.11 Å². The van der Waals surface area contributed by atoms with Crippen LogP contribution in [-0.2, 0) is 0 Å². The summed E-state index contributed by atoms with van der Waals surface area (Å²) < 4.78 is 0. The number of aromatic hydroxyl groups is 1. The summed E-state index contributed by atoms with van der Waals surface area (Å²) in [5, 5.41) is 8.97. The third kappa shape index (κ3) is 1.14. The minimum absolute atomic E-state index is 0.165. The van der Waals surface area contributed by atoms with E-state index >= 15 is 0 Å². The van der Waals surface area contributed by atoms with Gasteiger partial charge in [-0.25, -0.2) is 4.98 Å². The van der Waals surface area contributed by atoms with E-state index in [2.05, 4.69) is 15.0 Å². The van der Waals surface area contributed by atoms with Gasteiger partial charge in [0, 0.05) is 0 Å². The molecule has 0 unspecified atom stereocenters. The molecule has 0 fully saturated rings. The van der Waals surface area contributed by atoms with E-state index in [0.717, 1.165) is 11.4 Å². The quantitative estimate of drug-likeness (QED) is 0.660. The molecule has 0 radical (unpaired) electrons. The predicted octanol–water partition coefficient (Wildman–Crippen LogP) is 1.18. The predicted molar refractivity (Wildman–Crippen MR) is 43.5 cm³/mol. The topological polar surface area (TPSA) is 61.8 Å². The van der Waals surface area contributed by atoms with Gasteiger partial charge in [0.15, 0.2) is 0 Å². The van der Waals surface area contributed by atoms with Crippen LogP contribution in [0.2, 0.25) is 0 Å². The fourth-order valence-electron chi connectivity index (χ4n) is 0.941. The van der Waals surface area contributed by atoms with Gasteiger partial charge in [-0.15, -0.1) is 0 Å². The van der Waals surface area contributed by atoms with E-state index < -0.39 is 0 Å². The molecular formula is C8H7N3O. The van der Waals surface area contributed by atoms with Crippen molar-refractivity contribution in [2.45, 2.75) is 0 Å². The van der Waals surface area contributed by atoms with Crippen molar-refractivity contribution in [3.8, 4) is 17.1 Å². The lowest BCUT2D eigenvalue weighted by Gasteiger charge is -1.94. The zero-order valence-electron chi connectivity index (χ0n) is 6.23. The van der Waals surface area contributed by atoms with Crippen molar-refractivity contribution in [1.29, 1.82) is 0 Å². The van der Waals surface area contributed by atoms with Crippen LogP contribution in [0, 0.1) is 0 Å². The Balaban J connectivity index is 2.43. The van der Waals surface area contributed by atoms with Crippen molar-refractivity contribution in [2.75, 3.05) is 0 Å². The Morgan fingerprint density at radius 1 is 1.25 bits per heavy atom. The smallest absolute Gasteiger partial charge is 0.133 e. The van der Waals surface area contributed by atoms with E-state index in [1.807, 2.05) is 0 Å². The van der Waals surface area contributed by atoms with Crippen LogP contribution in [0.1, 0.15) is 0 Å². The monoisotopic (exact) mass is 161 g/mol. The summed E-state index contributed by atoms with van der Waals surface area (Å²) in [7, 11) is 0. The van der Waals surface area contributed by atoms with Crippen LogP contribution in [0.5, 0.6) is 5.75 Å². The molecule has 0 aliphatic rings. The third-order valence-electron chi connectivity index (χ3n) is 1.52. The molecular weight excluding hydrogens is 154 g/mol. The lowest BCUT2D eigenvalue weighted by molar-refractivity contribution is 0.473. The Hall–Kier alpha value is -1.84. The zero-order valence-corrected chi connectivity index (χ0v) is 6.23. The highest BCUT2D eigenvalue weighted by molar-refractivity contribution is 5.52. The summed E-state index contributed by atoms with van der Waals surface area (Å²) in [4.78, 5) is 10.8.